The fraction of sp³-hybridized carbons (Fsp3) is 0.250. The van der Waals surface area contributed by atoms with Gasteiger partial charge in [-0.3, -0.25) is 0 Å². The lowest BCUT2D eigenvalue weighted by Crippen LogP contribution is -2.34. The van der Waals surface area contributed by atoms with Crippen molar-refractivity contribution in [3.8, 4) is 0 Å². The summed E-state index contributed by atoms with van der Waals surface area (Å²) in [5.41, 5.74) is 1.85. The predicted molar refractivity (Wildman–Crippen MR) is 104 cm³/mol. The first kappa shape index (κ1) is 19.7. The number of nitrogens with zero attached hydrogens (tertiary/aromatic N) is 3. The van der Waals surface area contributed by atoms with Crippen molar-refractivity contribution in [1.82, 2.24) is 13.9 Å². The van der Waals surface area contributed by atoms with Crippen molar-refractivity contribution < 1.29 is 21.6 Å². The molecule has 1 aliphatic heterocycles. The number of pyridine rings is 1. The van der Waals surface area contributed by atoms with Gasteiger partial charge in [0.15, 0.2) is 0 Å². The van der Waals surface area contributed by atoms with Crippen molar-refractivity contribution in [1.29, 1.82) is 0 Å². The highest BCUT2D eigenvalue weighted by Gasteiger charge is 2.33. The highest BCUT2D eigenvalue weighted by atomic mass is 32.2. The van der Waals surface area contributed by atoms with Crippen molar-refractivity contribution in [3.05, 3.63) is 66.0 Å². The molecule has 3 aromatic rings. The third-order valence-corrected chi connectivity index (χ3v) is 6.91. The van der Waals surface area contributed by atoms with Crippen molar-refractivity contribution in [2.24, 2.45) is 7.05 Å². The van der Waals surface area contributed by atoms with E-state index in [4.69, 9.17) is 0 Å². The number of hydrogen-bond donors (Lipinski definition) is 0. The van der Waals surface area contributed by atoms with E-state index in [9.17, 15) is 21.6 Å². The zero-order chi connectivity index (χ0) is 20.8. The molecule has 0 fully saturated rings. The molecule has 0 amide bonds. The summed E-state index contributed by atoms with van der Waals surface area (Å²) in [6.45, 7) is 0.297. The van der Waals surface area contributed by atoms with Crippen molar-refractivity contribution in [2.75, 3.05) is 13.1 Å². The molecule has 0 radical (unpaired) electrons. The SMILES string of the molecule is Cn1cc(C2=CCN(S(=O)(=O)c3cccc(C(F)(F)F)c3)CC2)c2cccnc21. The molecule has 152 valence electrons. The molecule has 3 heterocycles. The van der Waals surface area contributed by atoms with E-state index in [1.54, 1.807) is 6.20 Å². The summed E-state index contributed by atoms with van der Waals surface area (Å²) in [5.74, 6) is 0. The molecule has 1 aromatic carbocycles. The first-order valence-electron chi connectivity index (χ1n) is 8.95. The standard InChI is InChI=1S/C20H18F3N3O2S/c1-25-13-18(17-6-3-9-24-19(17)25)14-7-10-26(11-8-14)29(27,28)16-5-2-4-15(12-16)20(21,22)23/h2-7,9,12-13H,8,10-11H2,1H3. The van der Waals surface area contributed by atoms with Crippen LogP contribution < -0.4 is 0 Å². The first-order chi connectivity index (χ1) is 13.7. The summed E-state index contributed by atoms with van der Waals surface area (Å²) in [4.78, 5) is 4.01. The monoisotopic (exact) mass is 421 g/mol. The van der Waals surface area contributed by atoms with Crippen LogP contribution in [0.2, 0.25) is 0 Å². The average molecular weight is 421 g/mol. The minimum Gasteiger partial charge on any atom is -0.335 e. The second-order valence-corrected chi connectivity index (χ2v) is 8.83. The Kier molecular flexibility index (Phi) is 4.74. The van der Waals surface area contributed by atoms with E-state index in [-0.39, 0.29) is 18.0 Å². The number of aryl methyl sites for hydroxylation is 1. The molecular formula is C20H18F3N3O2S. The zero-order valence-corrected chi connectivity index (χ0v) is 16.3. The van der Waals surface area contributed by atoms with Gasteiger partial charge in [-0.15, -0.1) is 0 Å². The zero-order valence-electron chi connectivity index (χ0n) is 15.5. The highest BCUT2D eigenvalue weighted by molar-refractivity contribution is 7.89. The molecule has 4 rings (SSSR count). The Labute approximate surface area is 166 Å². The molecule has 2 aromatic heterocycles. The van der Waals surface area contributed by atoms with Crippen molar-refractivity contribution >= 4 is 26.6 Å². The quantitative estimate of drug-likeness (QED) is 0.641. The molecule has 0 saturated carbocycles. The largest absolute Gasteiger partial charge is 0.416 e. The summed E-state index contributed by atoms with van der Waals surface area (Å²) in [5, 5.41) is 0.982. The summed E-state index contributed by atoms with van der Waals surface area (Å²) in [6, 6.07) is 7.67. The van der Waals surface area contributed by atoms with E-state index >= 15 is 0 Å². The van der Waals surface area contributed by atoms with Crippen molar-refractivity contribution in [2.45, 2.75) is 17.5 Å². The maximum atomic E-state index is 12.9. The number of alkyl halides is 3. The van der Waals surface area contributed by atoms with Gasteiger partial charge in [0.1, 0.15) is 5.65 Å². The molecule has 0 atom stereocenters. The first-order valence-corrected chi connectivity index (χ1v) is 10.4. The average Bonchev–Trinajstić information content (AvgIpc) is 3.04. The third kappa shape index (κ3) is 3.56. The number of hydrogen-bond acceptors (Lipinski definition) is 3. The molecule has 0 spiro atoms. The van der Waals surface area contributed by atoms with E-state index in [1.807, 2.05) is 36.0 Å². The van der Waals surface area contributed by atoms with E-state index in [0.29, 0.717) is 12.5 Å². The van der Waals surface area contributed by atoms with Gasteiger partial charge in [-0.1, -0.05) is 12.1 Å². The van der Waals surface area contributed by atoms with Gasteiger partial charge in [-0.05, 0) is 42.3 Å². The van der Waals surface area contributed by atoms with Gasteiger partial charge in [0.2, 0.25) is 10.0 Å². The molecule has 0 N–H and O–H groups in total. The molecule has 1 aliphatic rings. The van der Waals surface area contributed by atoms with Crippen LogP contribution in [0.4, 0.5) is 13.2 Å². The molecule has 0 bridgehead atoms. The van der Waals surface area contributed by atoms with Gasteiger partial charge in [-0.25, -0.2) is 13.4 Å². The van der Waals surface area contributed by atoms with Crippen LogP contribution in [0.25, 0.3) is 16.6 Å². The molecule has 0 saturated heterocycles. The second-order valence-electron chi connectivity index (χ2n) is 6.90. The van der Waals surface area contributed by atoms with Crippen LogP contribution in [0, 0.1) is 0 Å². The Morgan fingerprint density at radius 1 is 1.14 bits per heavy atom. The van der Waals surface area contributed by atoms with Gasteiger partial charge < -0.3 is 4.57 Å². The number of halogens is 3. The van der Waals surface area contributed by atoms with Gasteiger partial charge in [0.25, 0.3) is 0 Å². The van der Waals surface area contributed by atoms with Crippen LogP contribution in [0.3, 0.4) is 0 Å². The topological polar surface area (TPSA) is 55.2 Å². The summed E-state index contributed by atoms with van der Waals surface area (Å²) in [6.07, 6.45) is 1.36. The smallest absolute Gasteiger partial charge is 0.335 e. The van der Waals surface area contributed by atoms with Crippen LogP contribution >= 0.6 is 0 Å². The van der Waals surface area contributed by atoms with Crippen LogP contribution in [0.1, 0.15) is 17.5 Å². The predicted octanol–water partition coefficient (Wildman–Crippen LogP) is 4.07. The van der Waals surface area contributed by atoms with Crippen molar-refractivity contribution in [3.63, 3.8) is 0 Å². The number of benzene rings is 1. The maximum Gasteiger partial charge on any atom is 0.416 e. The Hall–Kier alpha value is -2.65. The minimum absolute atomic E-state index is 0.102. The lowest BCUT2D eigenvalue weighted by molar-refractivity contribution is -0.137. The Morgan fingerprint density at radius 2 is 1.93 bits per heavy atom. The molecule has 9 heteroatoms. The molecule has 5 nitrogen and oxygen atoms in total. The second kappa shape index (κ2) is 7.00. The number of aromatic nitrogens is 2. The lowest BCUT2D eigenvalue weighted by Gasteiger charge is -2.26. The Bertz CT molecular complexity index is 1210. The van der Waals surface area contributed by atoms with Gasteiger partial charge in [0.05, 0.1) is 10.5 Å². The van der Waals surface area contributed by atoms with Crippen LogP contribution in [-0.2, 0) is 23.2 Å². The fourth-order valence-corrected chi connectivity index (χ4v) is 4.99. The van der Waals surface area contributed by atoms with Gasteiger partial charge in [-0.2, -0.15) is 17.5 Å². The van der Waals surface area contributed by atoms with E-state index in [1.165, 1.54) is 10.4 Å². The normalized spacial score (nSPS) is 16.2. The number of fused-ring (bicyclic) bond motifs is 1. The van der Waals surface area contributed by atoms with Gasteiger partial charge >= 0.3 is 6.18 Å². The maximum absolute atomic E-state index is 12.9. The molecule has 0 unspecified atom stereocenters. The molecule has 29 heavy (non-hydrogen) atoms. The van der Waals surface area contributed by atoms with E-state index in [0.717, 1.165) is 34.3 Å². The van der Waals surface area contributed by atoms with E-state index in [2.05, 4.69) is 4.98 Å². The van der Waals surface area contributed by atoms with Crippen LogP contribution in [0.5, 0.6) is 0 Å². The van der Waals surface area contributed by atoms with Gasteiger partial charge in [0, 0.05) is 43.5 Å². The fourth-order valence-electron chi connectivity index (χ4n) is 3.56. The summed E-state index contributed by atoms with van der Waals surface area (Å²) in [7, 11) is -2.12. The highest BCUT2D eigenvalue weighted by Crippen LogP contribution is 2.33. The summed E-state index contributed by atoms with van der Waals surface area (Å²) >= 11 is 0. The lowest BCUT2D eigenvalue weighted by atomic mass is 10.0. The van der Waals surface area contributed by atoms with E-state index < -0.39 is 21.8 Å². The summed E-state index contributed by atoms with van der Waals surface area (Å²) < 4.78 is 67.6. The molecule has 0 aliphatic carbocycles. The Balaban J connectivity index is 1.62. The minimum atomic E-state index is -4.59. The molecular weight excluding hydrogens is 403 g/mol. The number of rotatable bonds is 3. The van der Waals surface area contributed by atoms with Crippen LogP contribution in [-0.4, -0.2) is 35.4 Å². The third-order valence-electron chi connectivity index (χ3n) is 5.05. The van der Waals surface area contributed by atoms with Crippen LogP contribution in [0.15, 0.2) is 59.8 Å². The Morgan fingerprint density at radius 3 is 2.62 bits per heavy atom. The number of sulfonamides is 1.